The topological polar surface area (TPSA) is 20.2 Å². The van der Waals surface area contributed by atoms with Crippen LogP contribution in [0.4, 0.5) is 0 Å². The van der Waals surface area contributed by atoms with Crippen molar-refractivity contribution >= 4 is 11.8 Å². The Bertz CT molecular complexity index is 196. The van der Waals surface area contributed by atoms with Crippen molar-refractivity contribution in [2.24, 2.45) is 16.7 Å². The second-order valence-electron chi connectivity index (χ2n) is 5.29. The summed E-state index contributed by atoms with van der Waals surface area (Å²) in [6, 6.07) is 0. The van der Waals surface area contributed by atoms with Crippen LogP contribution in [0.2, 0.25) is 0 Å². The van der Waals surface area contributed by atoms with E-state index in [0.717, 1.165) is 5.92 Å². The first-order valence-electron chi connectivity index (χ1n) is 5.31. The largest absolute Gasteiger partial charge is 0.396 e. The molecule has 2 aliphatic rings. The van der Waals surface area contributed by atoms with Gasteiger partial charge in [-0.05, 0) is 42.1 Å². The normalized spacial score (nSPS) is 43.2. The molecule has 1 aliphatic heterocycles. The molecule has 0 amide bonds. The van der Waals surface area contributed by atoms with Gasteiger partial charge in [0.2, 0.25) is 0 Å². The Morgan fingerprint density at radius 3 is 2.54 bits per heavy atom. The van der Waals surface area contributed by atoms with Crippen molar-refractivity contribution < 1.29 is 5.11 Å². The van der Waals surface area contributed by atoms with E-state index in [1.165, 1.54) is 30.8 Å². The molecular weight excluding hydrogens is 180 g/mol. The van der Waals surface area contributed by atoms with E-state index in [1.54, 1.807) is 0 Å². The Morgan fingerprint density at radius 1 is 1.46 bits per heavy atom. The zero-order valence-electron chi connectivity index (χ0n) is 8.68. The molecule has 0 aromatic carbocycles. The van der Waals surface area contributed by atoms with Gasteiger partial charge in [-0.25, -0.2) is 0 Å². The van der Waals surface area contributed by atoms with Crippen LogP contribution in [-0.4, -0.2) is 23.2 Å². The smallest absolute Gasteiger partial charge is 0.0495 e. The van der Waals surface area contributed by atoms with Crippen LogP contribution < -0.4 is 0 Å². The first-order chi connectivity index (χ1) is 6.12. The Kier molecular flexibility index (Phi) is 2.40. The molecule has 2 fully saturated rings. The van der Waals surface area contributed by atoms with Gasteiger partial charge in [0.05, 0.1) is 0 Å². The molecule has 2 unspecified atom stereocenters. The highest BCUT2D eigenvalue weighted by Crippen LogP contribution is 2.68. The van der Waals surface area contributed by atoms with E-state index in [9.17, 15) is 5.11 Å². The maximum absolute atomic E-state index is 9.54. The summed E-state index contributed by atoms with van der Waals surface area (Å²) in [5.41, 5.74) is 0.699. The molecule has 76 valence electrons. The number of thioether (sulfide) groups is 1. The summed E-state index contributed by atoms with van der Waals surface area (Å²) >= 11 is 2.07. The van der Waals surface area contributed by atoms with E-state index in [0.29, 0.717) is 17.4 Å². The van der Waals surface area contributed by atoms with Gasteiger partial charge >= 0.3 is 0 Å². The summed E-state index contributed by atoms with van der Waals surface area (Å²) < 4.78 is 0. The molecule has 13 heavy (non-hydrogen) atoms. The van der Waals surface area contributed by atoms with Crippen molar-refractivity contribution in [3.8, 4) is 0 Å². The zero-order chi connectivity index (χ0) is 9.53. The molecule has 2 rings (SSSR count). The third-order valence-electron chi connectivity index (χ3n) is 4.20. The molecular formula is C11H20OS. The van der Waals surface area contributed by atoms with Crippen molar-refractivity contribution in [1.82, 2.24) is 0 Å². The summed E-state index contributed by atoms with van der Waals surface area (Å²) in [5, 5.41) is 9.54. The van der Waals surface area contributed by atoms with Gasteiger partial charge < -0.3 is 5.11 Å². The molecule has 1 aliphatic carbocycles. The fourth-order valence-electron chi connectivity index (χ4n) is 3.02. The van der Waals surface area contributed by atoms with Gasteiger partial charge in [0.15, 0.2) is 0 Å². The van der Waals surface area contributed by atoms with Gasteiger partial charge in [-0.2, -0.15) is 11.8 Å². The molecule has 0 aromatic rings. The van der Waals surface area contributed by atoms with Crippen molar-refractivity contribution in [3.05, 3.63) is 0 Å². The SMILES string of the molecule is CC1(C)CC1(CO)C1CCCSC1. The van der Waals surface area contributed by atoms with Gasteiger partial charge in [0.1, 0.15) is 0 Å². The number of aliphatic hydroxyl groups is 1. The summed E-state index contributed by atoms with van der Waals surface area (Å²) in [6.07, 6.45) is 3.94. The Hall–Kier alpha value is 0.310. The van der Waals surface area contributed by atoms with Crippen LogP contribution >= 0.6 is 11.8 Å². The van der Waals surface area contributed by atoms with Gasteiger partial charge in [-0.15, -0.1) is 0 Å². The highest BCUT2D eigenvalue weighted by molar-refractivity contribution is 7.99. The molecule has 0 spiro atoms. The van der Waals surface area contributed by atoms with Crippen LogP contribution in [0.1, 0.15) is 33.1 Å². The average molecular weight is 200 g/mol. The van der Waals surface area contributed by atoms with Crippen molar-refractivity contribution in [1.29, 1.82) is 0 Å². The minimum Gasteiger partial charge on any atom is -0.396 e. The Morgan fingerprint density at radius 2 is 2.15 bits per heavy atom. The van der Waals surface area contributed by atoms with Crippen LogP contribution in [0.5, 0.6) is 0 Å². The van der Waals surface area contributed by atoms with Gasteiger partial charge in [0, 0.05) is 12.0 Å². The molecule has 1 nitrogen and oxygen atoms in total. The third kappa shape index (κ3) is 1.42. The molecule has 0 radical (unpaired) electrons. The average Bonchev–Trinajstić information content (AvgIpc) is 2.72. The highest BCUT2D eigenvalue weighted by atomic mass is 32.2. The molecule has 1 N–H and O–H groups in total. The molecule has 0 bridgehead atoms. The lowest BCUT2D eigenvalue weighted by atomic mass is 9.81. The first-order valence-corrected chi connectivity index (χ1v) is 6.46. The maximum Gasteiger partial charge on any atom is 0.0495 e. The van der Waals surface area contributed by atoms with E-state index >= 15 is 0 Å². The fraction of sp³-hybridized carbons (Fsp3) is 1.00. The molecule has 1 saturated carbocycles. The van der Waals surface area contributed by atoms with E-state index < -0.39 is 0 Å². The highest BCUT2D eigenvalue weighted by Gasteiger charge is 2.64. The molecule has 2 atom stereocenters. The lowest BCUT2D eigenvalue weighted by molar-refractivity contribution is 0.125. The molecule has 2 heteroatoms. The predicted octanol–water partition coefficient (Wildman–Crippen LogP) is 2.54. The monoisotopic (exact) mass is 200 g/mol. The van der Waals surface area contributed by atoms with E-state index in [-0.39, 0.29) is 0 Å². The van der Waals surface area contributed by atoms with Gasteiger partial charge in [-0.1, -0.05) is 13.8 Å². The minimum absolute atomic E-state index is 0.292. The van der Waals surface area contributed by atoms with Crippen LogP contribution in [0.15, 0.2) is 0 Å². The van der Waals surface area contributed by atoms with Crippen LogP contribution in [0.3, 0.4) is 0 Å². The number of hydrogen-bond acceptors (Lipinski definition) is 2. The first kappa shape index (κ1) is 9.85. The maximum atomic E-state index is 9.54. The second-order valence-corrected chi connectivity index (χ2v) is 6.44. The van der Waals surface area contributed by atoms with Gasteiger partial charge in [-0.3, -0.25) is 0 Å². The van der Waals surface area contributed by atoms with Crippen molar-refractivity contribution in [3.63, 3.8) is 0 Å². The summed E-state index contributed by atoms with van der Waals surface area (Å²) in [5.74, 6) is 3.40. The predicted molar refractivity (Wildman–Crippen MR) is 58.0 cm³/mol. The standard InChI is InChI=1S/C11H20OS/c1-10(2)7-11(10,8-12)9-4-3-5-13-6-9/h9,12H,3-8H2,1-2H3. The summed E-state index contributed by atoms with van der Waals surface area (Å²) in [4.78, 5) is 0. The molecule has 0 aromatic heterocycles. The van der Waals surface area contributed by atoms with Crippen molar-refractivity contribution in [2.75, 3.05) is 18.1 Å². The van der Waals surface area contributed by atoms with Crippen LogP contribution in [0.25, 0.3) is 0 Å². The molecule has 1 heterocycles. The van der Waals surface area contributed by atoms with E-state index in [1.807, 2.05) is 0 Å². The van der Waals surface area contributed by atoms with Crippen LogP contribution in [0, 0.1) is 16.7 Å². The minimum atomic E-state index is 0.292. The number of aliphatic hydroxyl groups excluding tert-OH is 1. The lowest BCUT2D eigenvalue weighted by Gasteiger charge is -2.31. The number of hydrogen-bond donors (Lipinski definition) is 1. The summed E-state index contributed by atoms with van der Waals surface area (Å²) in [7, 11) is 0. The Labute approximate surface area is 85.3 Å². The molecule has 1 saturated heterocycles. The quantitative estimate of drug-likeness (QED) is 0.739. The van der Waals surface area contributed by atoms with Crippen molar-refractivity contribution in [2.45, 2.75) is 33.1 Å². The zero-order valence-corrected chi connectivity index (χ0v) is 9.49. The second kappa shape index (κ2) is 3.16. The summed E-state index contributed by atoms with van der Waals surface area (Å²) in [6.45, 7) is 5.02. The van der Waals surface area contributed by atoms with E-state index in [4.69, 9.17) is 0 Å². The van der Waals surface area contributed by atoms with Crippen LogP contribution in [-0.2, 0) is 0 Å². The lowest BCUT2D eigenvalue weighted by Crippen LogP contribution is -2.29. The number of rotatable bonds is 2. The fourth-order valence-corrected chi connectivity index (χ4v) is 4.32. The third-order valence-corrected chi connectivity index (χ3v) is 5.42. The van der Waals surface area contributed by atoms with Gasteiger partial charge in [0.25, 0.3) is 0 Å². The Balaban J connectivity index is 2.05. The van der Waals surface area contributed by atoms with E-state index in [2.05, 4.69) is 25.6 Å².